The molecular formula is C20H18ClNO. The van der Waals surface area contributed by atoms with Crippen LogP contribution in [0.3, 0.4) is 0 Å². The van der Waals surface area contributed by atoms with Crippen LogP contribution in [0.25, 0.3) is 10.9 Å². The summed E-state index contributed by atoms with van der Waals surface area (Å²) < 4.78 is 6.30. The second-order valence-corrected chi connectivity index (χ2v) is 6.59. The molecular weight excluding hydrogens is 306 g/mol. The molecule has 2 nitrogen and oxygen atoms in total. The molecule has 1 aliphatic rings. The van der Waals surface area contributed by atoms with Crippen molar-refractivity contribution in [2.75, 3.05) is 0 Å². The Morgan fingerprint density at radius 3 is 2.61 bits per heavy atom. The summed E-state index contributed by atoms with van der Waals surface area (Å²) in [6.45, 7) is 2.08. The summed E-state index contributed by atoms with van der Waals surface area (Å²) in [4.78, 5) is 4.83. The van der Waals surface area contributed by atoms with Gasteiger partial charge in [0.1, 0.15) is 11.5 Å². The SMILES string of the molecule is Cc1ccc(Oc2c3c(nc4ccc(Cl)cc24)CCCC3)cc1. The van der Waals surface area contributed by atoms with E-state index in [4.69, 9.17) is 21.3 Å². The number of halogens is 1. The van der Waals surface area contributed by atoms with Gasteiger partial charge in [-0.15, -0.1) is 0 Å². The molecule has 0 saturated carbocycles. The van der Waals surface area contributed by atoms with Crippen LogP contribution in [0.2, 0.25) is 5.02 Å². The molecule has 1 aliphatic carbocycles. The minimum atomic E-state index is 0.712. The van der Waals surface area contributed by atoms with Crippen LogP contribution in [0.4, 0.5) is 0 Å². The molecule has 23 heavy (non-hydrogen) atoms. The molecule has 0 bridgehead atoms. The van der Waals surface area contributed by atoms with Gasteiger partial charge in [0.05, 0.1) is 5.52 Å². The molecule has 0 saturated heterocycles. The maximum Gasteiger partial charge on any atom is 0.141 e. The van der Waals surface area contributed by atoms with E-state index < -0.39 is 0 Å². The van der Waals surface area contributed by atoms with Crippen molar-refractivity contribution in [3.63, 3.8) is 0 Å². The smallest absolute Gasteiger partial charge is 0.141 e. The normalized spacial score (nSPS) is 13.8. The van der Waals surface area contributed by atoms with Crippen LogP contribution in [0.1, 0.15) is 29.7 Å². The highest BCUT2D eigenvalue weighted by Gasteiger charge is 2.20. The van der Waals surface area contributed by atoms with E-state index in [-0.39, 0.29) is 0 Å². The van der Waals surface area contributed by atoms with E-state index in [1.165, 1.54) is 29.7 Å². The van der Waals surface area contributed by atoms with Gasteiger partial charge in [0.2, 0.25) is 0 Å². The summed E-state index contributed by atoms with van der Waals surface area (Å²) in [5.74, 6) is 1.78. The zero-order chi connectivity index (χ0) is 15.8. The molecule has 0 N–H and O–H groups in total. The van der Waals surface area contributed by atoms with Crippen LogP contribution < -0.4 is 4.74 Å². The molecule has 0 aliphatic heterocycles. The molecule has 0 atom stereocenters. The number of hydrogen-bond donors (Lipinski definition) is 0. The van der Waals surface area contributed by atoms with Gasteiger partial charge >= 0.3 is 0 Å². The third-order valence-electron chi connectivity index (χ3n) is 4.41. The molecule has 0 spiro atoms. The van der Waals surface area contributed by atoms with Crippen molar-refractivity contribution in [2.24, 2.45) is 0 Å². The molecule has 4 rings (SSSR count). The Hall–Kier alpha value is -2.06. The van der Waals surface area contributed by atoms with Gasteiger partial charge in [-0.05, 0) is 62.9 Å². The highest BCUT2D eigenvalue weighted by Crippen LogP contribution is 2.38. The van der Waals surface area contributed by atoms with Gasteiger partial charge in [-0.2, -0.15) is 0 Å². The molecule has 0 fully saturated rings. The Morgan fingerprint density at radius 2 is 1.78 bits per heavy atom. The molecule has 3 heteroatoms. The van der Waals surface area contributed by atoms with Crippen LogP contribution in [0, 0.1) is 6.92 Å². The van der Waals surface area contributed by atoms with E-state index in [0.717, 1.165) is 35.2 Å². The van der Waals surface area contributed by atoms with Gasteiger partial charge in [0, 0.05) is 21.7 Å². The number of nitrogens with zero attached hydrogens (tertiary/aromatic N) is 1. The van der Waals surface area contributed by atoms with Gasteiger partial charge in [-0.25, -0.2) is 0 Å². The van der Waals surface area contributed by atoms with Crippen molar-refractivity contribution in [3.8, 4) is 11.5 Å². The first kappa shape index (κ1) is 14.5. The Bertz CT molecular complexity index is 871. The number of aromatic nitrogens is 1. The van der Waals surface area contributed by atoms with Gasteiger partial charge in [0.15, 0.2) is 0 Å². The van der Waals surface area contributed by atoms with E-state index in [2.05, 4.69) is 19.1 Å². The summed E-state index contributed by atoms with van der Waals surface area (Å²) in [5, 5.41) is 1.71. The largest absolute Gasteiger partial charge is 0.456 e. The van der Waals surface area contributed by atoms with E-state index in [9.17, 15) is 0 Å². The van der Waals surface area contributed by atoms with Crippen molar-refractivity contribution in [2.45, 2.75) is 32.6 Å². The molecule has 3 aromatic rings. The maximum atomic E-state index is 6.30. The number of benzene rings is 2. The zero-order valence-corrected chi connectivity index (χ0v) is 13.9. The topological polar surface area (TPSA) is 22.1 Å². The monoisotopic (exact) mass is 323 g/mol. The lowest BCUT2D eigenvalue weighted by molar-refractivity contribution is 0.474. The average Bonchev–Trinajstić information content (AvgIpc) is 2.57. The molecule has 116 valence electrons. The number of pyridine rings is 1. The third kappa shape index (κ3) is 2.79. The molecule has 0 unspecified atom stereocenters. The summed E-state index contributed by atoms with van der Waals surface area (Å²) in [6, 6.07) is 14.0. The number of fused-ring (bicyclic) bond motifs is 2. The van der Waals surface area contributed by atoms with Gasteiger partial charge in [0.25, 0.3) is 0 Å². The summed E-state index contributed by atoms with van der Waals surface area (Å²) in [7, 11) is 0. The number of aryl methyl sites for hydroxylation is 2. The second kappa shape index (κ2) is 5.86. The predicted octanol–water partition coefficient (Wildman–Crippen LogP) is 5.87. The highest BCUT2D eigenvalue weighted by atomic mass is 35.5. The Labute approximate surface area is 141 Å². The van der Waals surface area contributed by atoms with E-state index >= 15 is 0 Å². The second-order valence-electron chi connectivity index (χ2n) is 6.15. The highest BCUT2D eigenvalue weighted by molar-refractivity contribution is 6.31. The number of ether oxygens (including phenoxy) is 1. The lowest BCUT2D eigenvalue weighted by Gasteiger charge is -2.21. The third-order valence-corrected chi connectivity index (χ3v) is 4.65. The zero-order valence-electron chi connectivity index (χ0n) is 13.1. The van der Waals surface area contributed by atoms with Crippen LogP contribution in [-0.4, -0.2) is 4.98 Å². The lowest BCUT2D eigenvalue weighted by atomic mass is 9.93. The summed E-state index contributed by atoms with van der Waals surface area (Å²) in [5.41, 5.74) is 4.60. The molecule has 1 aromatic heterocycles. The van der Waals surface area contributed by atoms with E-state index in [1.54, 1.807) is 0 Å². The molecule has 1 heterocycles. The number of hydrogen-bond acceptors (Lipinski definition) is 2. The summed E-state index contributed by atoms with van der Waals surface area (Å²) >= 11 is 6.21. The predicted molar refractivity (Wildman–Crippen MR) is 94.6 cm³/mol. The first-order valence-electron chi connectivity index (χ1n) is 8.06. The first-order chi connectivity index (χ1) is 11.2. The molecule has 0 radical (unpaired) electrons. The standard InChI is InChI=1S/C20H18ClNO/c1-13-6-9-15(10-7-13)23-20-16-4-2-3-5-18(16)22-19-11-8-14(21)12-17(19)20/h6-12H,2-5H2,1H3. The summed E-state index contributed by atoms with van der Waals surface area (Å²) in [6.07, 6.45) is 4.43. The maximum absolute atomic E-state index is 6.30. The molecule has 2 aromatic carbocycles. The van der Waals surface area contributed by atoms with Crippen LogP contribution in [-0.2, 0) is 12.8 Å². The fourth-order valence-electron chi connectivity index (χ4n) is 3.19. The van der Waals surface area contributed by atoms with Crippen LogP contribution in [0.5, 0.6) is 11.5 Å². The van der Waals surface area contributed by atoms with E-state index in [0.29, 0.717) is 5.02 Å². The Morgan fingerprint density at radius 1 is 1.00 bits per heavy atom. The van der Waals surface area contributed by atoms with Crippen molar-refractivity contribution in [3.05, 3.63) is 64.3 Å². The lowest BCUT2D eigenvalue weighted by Crippen LogP contribution is -2.08. The minimum absolute atomic E-state index is 0.712. The Balaban J connectivity index is 1.90. The molecule has 0 amide bonds. The minimum Gasteiger partial charge on any atom is -0.456 e. The van der Waals surface area contributed by atoms with Crippen molar-refractivity contribution < 1.29 is 4.74 Å². The van der Waals surface area contributed by atoms with Crippen molar-refractivity contribution in [1.29, 1.82) is 0 Å². The average molecular weight is 324 g/mol. The van der Waals surface area contributed by atoms with Crippen LogP contribution >= 0.6 is 11.6 Å². The van der Waals surface area contributed by atoms with Crippen LogP contribution in [0.15, 0.2) is 42.5 Å². The van der Waals surface area contributed by atoms with Gasteiger partial charge < -0.3 is 4.74 Å². The van der Waals surface area contributed by atoms with Crippen molar-refractivity contribution >= 4 is 22.5 Å². The van der Waals surface area contributed by atoms with E-state index in [1.807, 2.05) is 30.3 Å². The first-order valence-corrected chi connectivity index (χ1v) is 8.44. The number of rotatable bonds is 2. The van der Waals surface area contributed by atoms with Crippen molar-refractivity contribution in [1.82, 2.24) is 4.98 Å². The Kier molecular flexibility index (Phi) is 3.70. The fourth-order valence-corrected chi connectivity index (χ4v) is 3.37. The quantitative estimate of drug-likeness (QED) is 0.588. The fraction of sp³-hybridized carbons (Fsp3) is 0.250. The van der Waals surface area contributed by atoms with Gasteiger partial charge in [-0.1, -0.05) is 29.3 Å². The van der Waals surface area contributed by atoms with Gasteiger partial charge in [-0.3, -0.25) is 4.98 Å².